The van der Waals surface area contributed by atoms with Crippen LogP contribution in [-0.2, 0) is 33.5 Å². The molecule has 40 heavy (non-hydrogen) atoms. The van der Waals surface area contributed by atoms with Crippen molar-refractivity contribution < 1.29 is 31.9 Å². The number of likely N-dealkylation sites (N-methyl/N-ethyl adjacent to an activating group) is 1. The molecule has 0 saturated carbocycles. The molecule has 2 aromatic carbocycles. The maximum atomic E-state index is 13.7. The maximum absolute atomic E-state index is 13.7. The summed E-state index contributed by atoms with van der Waals surface area (Å²) in [5.74, 6) is -3.17. The van der Waals surface area contributed by atoms with Crippen LogP contribution in [0.5, 0.6) is 0 Å². The molecule has 7 N–H and O–H groups in total. The third kappa shape index (κ3) is 9.88. The van der Waals surface area contributed by atoms with Crippen molar-refractivity contribution in [2.75, 3.05) is 33.2 Å². The molecule has 3 amide bonds. The van der Waals surface area contributed by atoms with Crippen molar-refractivity contribution in [2.45, 2.75) is 44.1 Å². The van der Waals surface area contributed by atoms with Gasteiger partial charge >= 0.3 is 6.18 Å². The molecule has 0 saturated heterocycles. The molecule has 0 bridgehead atoms. The molecule has 0 heterocycles. The minimum Gasteiger partial charge on any atom is -0.343 e. The predicted octanol–water partition coefficient (Wildman–Crippen LogP) is 1.38. The Morgan fingerprint density at radius 1 is 0.975 bits per heavy atom. The second kappa shape index (κ2) is 15.3. The molecule has 0 fully saturated rings. The van der Waals surface area contributed by atoms with Crippen LogP contribution in [0.3, 0.4) is 0 Å². The van der Waals surface area contributed by atoms with E-state index in [0.717, 1.165) is 16.5 Å². The van der Waals surface area contributed by atoms with E-state index in [1.54, 1.807) is 0 Å². The van der Waals surface area contributed by atoms with Crippen LogP contribution in [0.2, 0.25) is 0 Å². The largest absolute Gasteiger partial charge is 0.419 e. The first-order valence-corrected chi connectivity index (χ1v) is 12.8. The predicted molar refractivity (Wildman–Crippen MR) is 142 cm³/mol. The number of hydrogen-bond donors (Lipinski definition) is 4. The van der Waals surface area contributed by atoms with Gasteiger partial charge < -0.3 is 32.3 Å². The van der Waals surface area contributed by atoms with Crippen molar-refractivity contribution in [3.63, 3.8) is 0 Å². The summed E-state index contributed by atoms with van der Waals surface area (Å²) in [5.41, 5.74) is 16.6. The summed E-state index contributed by atoms with van der Waals surface area (Å²) in [6, 6.07) is 9.29. The number of halogens is 4. The second-order valence-electron chi connectivity index (χ2n) is 9.36. The van der Waals surface area contributed by atoms with Gasteiger partial charge in [-0.3, -0.25) is 14.4 Å². The lowest BCUT2D eigenvalue weighted by molar-refractivity contribution is -0.140. The first-order valence-electron chi connectivity index (χ1n) is 12.8. The Labute approximate surface area is 230 Å². The fourth-order valence-electron chi connectivity index (χ4n) is 4.08. The zero-order valence-electron chi connectivity index (χ0n) is 22.3. The van der Waals surface area contributed by atoms with Gasteiger partial charge in [0.2, 0.25) is 17.7 Å². The molecule has 0 aliphatic carbocycles. The number of hydrogen-bond acceptors (Lipinski definition) is 6. The van der Waals surface area contributed by atoms with E-state index in [9.17, 15) is 31.9 Å². The third-order valence-electron chi connectivity index (χ3n) is 6.19. The van der Waals surface area contributed by atoms with Gasteiger partial charge in [0.15, 0.2) is 0 Å². The molecular formula is C27H36F4N6O3. The number of amides is 3. The summed E-state index contributed by atoms with van der Waals surface area (Å²) < 4.78 is 53.1. The Kier molecular flexibility index (Phi) is 12.5. The van der Waals surface area contributed by atoms with Gasteiger partial charge in [-0.15, -0.1) is 0 Å². The Bertz CT molecular complexity index is 1130. The fraction of sp³-hybridized carbons (Fsp3) is 0.444. The van der Waals surface area contributed by atoms with Crippen molar-refractivity contribution in [1.29, 1.82) is 0 Å². The molecule has 0 aliphatic heterocycles. The molecular weight excluding hydrogens is 532 g/mol. The summed E-state index contributed by atoms with van der Waals surface area (Å²) in [5, 5.41) is 2.59. The zero-order chi connectivity index (χ0) is 29.9. The lowest BCUT2D eigenvalue weighted by Crippen LogP contribution is -2.53. The molecule has 0 aliphatic rings. The summed E-state index contributed by atoms with van der Waals surface area (Å²) in [7, 11) is 1.36. The molecule has 2 aromatic rings. The first kappa shape index (κ1) is 32.7. The van der Waals surface area contributed by atoms with Crippen LogP contribution in [0, 0.1) is 5.82 Å². The van der Waals surface area contributed by atoms with Crippen molar-refractivity contribution in [2.24, 2.45) is 17.2 Å². The minimum atomic E-state index is -4.90. The van der Waals surface area contributed by atoms with E-state index in [0.29, 0.717) is 18.6 Å². The molecule has 2 rings (SSSR count). The van der Waals surface area contributed by atoms with Crippen molar-refractivity contribution in [1.82, 2.24) is 15.1 Å². The Morgan fingerprint density at radius 2 is 1.60 bits per heavy atom. The van der Waals surface area contributed by atoms with E-state index >= 15 is 0 Å². The topological polar surface area (TPSA) is 148 Å². The van der Waals surface area contributed by atoms with Gasteiger partial charge in [-0.05, 0) is 36.1 Å². The van der Waals surface area contributed by atoms with Crippen LogP contribution < -0.4 is 22.5 Å². The smallest absolute Gasteiger partial charge is 0.343 e. The van der Waals surface area contributed by atoms with Gasteiger partial charge in [-0.1, -0.05) is 36.4 Å². The molecule has 2 atom stereocenters. The zero-order valence-corrected chi connectivity index (χ0v) is 22.3. The van der Waals surface area contributed by atoms with Crippen LogP contribution >= 0.6 is 0 Å². The van der Waals surface area contributed by atoms with E-state index in [1.807, 2.05) is 30.3 Å². The van der Waals surface area contributed by atoms with Gasteiger partial charge in [-0.25, -0.2) is 4.39 Å². The standard InChI is InChI=1S/C27H36F4N6O3/c1-36(17-19-7-9-21(28)20(15-19)27(29,30)31)26(40)23(10-8-18-5-3-2-4-6-18)35-25(39)22(34)16-24(38)37(13-11-32)14-12-33/h2-7,9,15,22-23H,8,10-14,16-17,32-34H2,1H3,(H,35,39)/t22-,23-/m0/s1. The molecule has 0 unspecified atom stereocenters. The Morgan fingerprint density at radius 3 is 2.17 bits per heavy atom. The lowest BCUT2D eigenvalue weighted by atomic mass is 10.0. The van der Waals surface area contributed by atoms with E-state index < -0.39 is 47.4 Å². The minimum absolute atomic E-state index is 0.0555. The van der Waals surface area contributed by atoms with E-state index in [4.69, 9.17) is 17.2 Å². The number of benzene rings is 2. The highest BCUT2D eigenvalue weighted by atomic mass is 19.4. The fourth-order valence-corrected chi connectivity index (χ4v) is 4.08. The molecule has 0 radical (unpaired) electrons. The first-order chi connectivity index (χ1) is 18.9. The monoisotopic (exact) mass is 568 g/mol. The second-order valence-corrected chi connectivity index (χ2v) is 9.36. The number of rotatable bonds is 14. The van der Waals surface area contributed by atoms with E-state index in [2.05, 4.69) is 5.32 Å². The highest BCUT2D eigenvalue weighted by Crippen LogP contribution is 2.32. The third-order valence-corrected chi connectivity index (χ3v) is 6.19. The number of carbonyl (C=O) groups is 3. The number of nitrogens with one attached hydrogen (secondary N) is 1. The molecule has 0 spiro atoms. The molecule has 9 nitrogen and oxygen atoms in total. The van der Waals surface area contributed by atoms with E-state index in [-0.39, 0.29) is 51.1 Å². The van der Waals surface area contributed by atoms with Crippen molar-refractivity contribution in [3.05, 3.63) is 71.0 Å². The van der Waals surface area contributed by atoms with E-state index in [1.165, 1.54) is 11.9 Å². The highest BCUT2D eigenvalue weighted by Gasteiger charge is 2.34. The maximum Gasteiger partial charge on any atom is 0.419 e. The summed E-state index contributed by atoms with van der Waals surface area (Å²) in [4.78, 5) is 41.4. The number of nitrogens with zero attached hydrogens (tertiary/aromatic N) is 2. The lowest BCUT2D eigenvalue weighted by Gasteiger charge is -2.27. The average Bonchev–Trinajstić information content (AvgIpc) is 2.91. The van der Waals surface area contributed by atoms with Gasteiger partial charge in [0.05, 0.1) is 18.0 Å². The van der Waals surface area contributed by atoms with Gasteiger partial charge in [0.1, 0.15) is 11.9 Å². The van der Waals surface area contributed by atoms with Gasteiger partial charge in [-0.2, -0.15) is 13.2 Å². The number of alkyl halides is 3. The van der Waals surface area contributed by atoms with Gasteiger partial charge in [0, 0.05) is 39.8 Å². The summed E-state index contributed by atoms with van der Waals surface area (Å²) in [6.07, 6.45) is -4.68. The van der Waals surface area contributed by atoms with Gasteiger partial charge in [0.25, 0.3) is 0 Å². The normalized spacial score (nSPS) is 12.9. The molecule has 13 heteroatoms. The van der Waals surface area contributed by atoms with Crippen LogP contribution in [-0.4, -0.2) is 72.8 Å². The SMILES string of the molecule is CN(Cc1ccc(F)c(C(F)(F)F)c1)C(=O)[C@H](CCc1ccccc1)NC(=O)[C@@H](N)CC(=O)N(CCN)CCN. The number of carbonyl (C=O) groups excluding carboxylic acids is 3. The quantitative estimate of drug-likeness (QED) is 0.253. The molecule has 0 aromatic heterocycles. The van der Waals surface area contributed by atoms with Crippen LogP contribution in [0.1, 0.15) is 29.5 Å². The summed E-state index contributed by atoms with van der Waals surface area (Å²) >= 11 is 0. The Balaban J connectivity index is 2.17. The van der Waals surface area contributed by atoms with Crippen LogP contribution in [0.25, 0.3) is 0 Å². The number of aryl methyl sites for hydroxylation is 1. The van der Waals surface area contributed by atoms with Crippen molar-refractivity contribution in [3.8, 4) is 0 Å². The van der Waals surface area contributed by atoms with Crippen molar-refractivity contribution >= 4 is 17.7 Å². The average molecular weight is 569 g/mol. The molecule has 220 valence electrons. The van der Waals surface area contributed by atoms with Crippen LogP contribution in [0.4, 0.5) is 17.6 Å². The Hall–Kier alpha value is -3.55. The van der Waals surface area contributed by atoms with Crippen LogP contribution in [0.15, 0.2) is 48.5 Å². The highest BCUT2D eigenvalue weighted by molar-refractivity contribution is 5.92. The summed E-state index contributed by atoms with van der Waals surface area (Å²) in [6.45, 7) is 0.624. The number of nitrogens with two attached hydrogens (primary N) is 3.